The molecule has 0 aromatic heterocycles. The zero-order valence-corrected chi connectivity index (χ0v) is 7.05. The Morgan fingerprint density at radius 2 is 2.27 bits per heavy atom. The van der Waals surface area contributed by atoms with E-state index in [1.165, 1.54) is 12.1 Å². The van der Waals surface area contributed by atoms with E-state index < -0.39 is 0 Å². The second-order valence-corrected chi connectivity index (χ2v) is 2.76. The van der Waals surface area contributed by atoms with Crippen molar-refractivity contribution in [3.05, 3.63) is 34.1 Å². The van der Waals surface area contributed by atoms with Crippen LogP contribution in [0.4, 0.5) is 4.39 Å². The monoisotopic (exact) mass is 217 g/mol. The van der Waals surface area contributed by atoms with Crippen molar-refractivity contribution in [1.29, 1.82) is 0 Å². The Morgan fingerprint density at radius 3 is 2.91 bits per heavy atom. The molecule has 0 atom stereocenters. The van der Waals surface area contributed by atoms with Gasteiger partial charge in [0, 0.05) is 10.0 Å². The third-order valence-electron chi connectivity index (χ3n) is 1.15. The van der Waals surface area contributed by atoms with Gasteiger partial charge in [0.15, 0.2) is 0 Å². The summed E-state index contributed by atoms with van der Waals surface area (Å²) in [7, 11) is 0. The van der Waals surface area contributed by atoms with Gasteiger partial charge < -0.3 is 5.21 Å². The molecule has 0 unspecified atom stereocenters. The molecule has 0 saturated carbocycles. The van der Waals surface area contributed by atoms with Crippen molar-refractivity contribution in [3.63, 3.8) is 0 Å². The Balaban J connectivity index is 3.12. The highest BCUT2D eigenvalue weighted by Crippen LogP contribution is 2.15. The standard InChI is InChI=1S/C7H5BrFNO/c8-7-2-1-6(9)3-5(7)4-10-11/h1-4,11H/b10-4-. The van der Waals surface area contributed by atoms with Crippen LogP contribution < -0.4 is 0 Å². The zero-order chi connectivity index (χ0) is 8.27. The van der Waals surface area contributed by atoms with Gasteiger partial charge in [0.2, 0.25) is 0 Å². The Bertz CT molecular complexity index is 288. The van der Waals surface area contributed by atoms with E-state index in [-0.39, 0.29) is 5.82 Å². The molecule has 58 valence electrons. The van der Waals surface area contributed by atoms with Crippen LogP contribution >= 0.6 is 15.9 Å². The van der Waals surface area contributed by atoms with Gasteiger partial charge in [-0.2, -0.15) is 0 Å². The SMILES string of the molecule is O/N=C\c1cc(F)ccc1Br. The Kier molecular flexibility index (Phi) is 2.59. The van der Waals surface area contributed by atoms with Gasteiger partial charge in [-0.3, -0.25) is 0 Å². The summed E-state index contributed by atoms with van der Waals surface area (Å²) in [6.07, 6.45) is 1.16. The molecule has 1 rings (SSSR count). The zero-order valence-electron chi connectivity index (χ0n) is 5.46. The van der Waals surface area contributed by atoms with Crippen LogP contribution in [-0.2, 0) is 0 Å². The van der Waals surface area contributed by atoms with Gasteiger partial charge in [0.1, 0.15) is 5.82 Å². The number of rotatable bonds is 1. The summed E-state index contributed by atoms with van der Waals surface area (Å²) < 4.78 is 13.2. The van der Waals surface area contributed by atoms with Gasteiger partial charge in [-0.25, -0.2) is 4.39 Å². The molecule has 0 saturated heterocycles. The van der Waals surface area contributed by atoms with E-state index in [0.29, 0.717) is 10.0 Å². The molecule has 1 aromatic rings. The van der Waals surface area contributed by atoms with Gasteiger partial charge in [-0.05, 0) is 18.2 Å². The molecule has 0 aliphatic rings. The Morgan fingerprint density at radius 1 is 1.55 bits per heavy atom. The lowest BCUT2D eigenvalue weighted by Crippen LogP contribution is -1.84. The van der Waals surface area contributed by atoms with Crippen molar-refractivity contribution in [1.82, 2.24) is 0 Å². The molecule has 0 bridgehead atoms. The van der Waals surface area contributed by atoms with E-state index in [1.54, 1.807) is 6.07 Å². The van der Waals surface area contributed by atoms with Crippen molar-refractivity contribution in [2.24, 2.45) is 5.16 Å². The molecule has 0 fully saturated rings. The molecule has 0 aliphatic carbocycles. The average molecular weight is 218 g/mol. The molecule has 2 nitrogen and oxygen atoms in total. The van der Waals surface area contributed by atoms with E-state index in [0.717, 1.165) is 6.21 Å². The largest absolute Gasteiger partial charge is 0.411 e. The maximum Gasteiger partial charge on any atom is 0.123 e. The highest BCUT2D eigenvalue weighted by molar-refractivity contribution is 9.10. The van der Waals surface area contributed by atoms with Crippen molar-refractivity contribution in [3.8, 4) is 0 Å². The van der Waals surface area contributed by atoms with Gasteiger partial charge in [-0.1, -0.05) is 21.1 Å². The number of halogens is 2. The lowest BCUT2D eigenvalue weighted by molar-refractivity contribution is 0.322. The molecular formula is C7H5BrFNO. The quantitative estimate of drug-likeness (QED) is 0.438. The molecule has 4 heteroatoms. The Hall–Kier alpha value is -0.900. The fourth-order valence-electron chi connectivity index (χ4n) is 0.676. The summed E-state index contributed by atoms with van der Waals surface area (Å²) in [4.78, 5) is 0. The number of hydrogen-bond donors (Lipinski definition) is 1. The predicted molar refractivity (Wildman–Crippen MR) is 43.5 cm³/mol. The number of oxime groups is 1. The number of benzene rings is 1. The minimum absolute atomic E-state index is 0.358. The van der Waals surface area contributed by atoms with Crippen molar-refractivity contribution in [2.45, 2.75) is 0 Å². The van der Waals surface area contributed by atoms with Gasteiger partial charge >= 0.3 is 0 Å². The third-order valence-corrected chi connectivity index (χ3v) is 1.88. The van der Waals surface area contributed by atoms with Crippen LogP contribution in [0, 0.1) is 5.82 Å². The summed E-state index contributed by atoms with van der Waals surface area (Å²) in [6, 6.07) is 4.13. The molecular weight excluding hydrogens is 213 g/mol. The first-order valence-electron chi connectivity index (χ1n) is 2.86. The van der Waals surface area contributed by atoms with Crippen LogP contribution in [0.15, 0.2) is 27.8 Å². The molecule has 1 aromatic carbocycles. The second kappa shape index (κ2) is 3.48. The predicted octanol–water partition coefficient (Wildman–Crippen LogP) is 2.40. The fraction of sp³-hybridized carbons (Fsp3) is 0. The van der Waals surface area contributed by atoms with Crippen LogP contribution in [0.1, 0.15) is 5.56 Å². The van der Waals surface area contributed by atoms with Crippen LogP contribution in [0.5, 0.6) is 0 Å². The van der Waals surface area contributed by atoms with Crippen molar-refractivity contribution in [2.75, 3.05) is 0 Å². The molecule has 0 heterocycles. The summed E-state index contributed by atoms with van der Waals surface area (Å²) in [6.45, 7) is 0. The number of hydrogen-bond acceptors (Lipinski definition) is 2. The first-order valence-corrected chi connectivity index (χ1v) is 3.66. The minimum Gasteiger partial charge on any atom is -0.411 e. The molecule has 0 amide bonds. The first-order chi connectivity index (χ1) is 5.24. The van der Waals surface area contributed by atoms with E-state index in [1.807, 2.05) is 0 Å². The van der Waals surface area contributed by atoms with Crippen LogP contribution in [0.25, 0.3) is 0 Å². The van der Waals surface area contributed by atoms with Crippen LogP contribution in [-0.4, -0.2) is 11.4 Å². The van der Waals surface area contributed by atoms with E-state index in [9.17, 15) is 4.39 Å². The first kappa shape index (κ1) is 8.20. The smallest absolute Gasteiger partial charge is 0.123 e. The normalized spacial score (nSPS) is 10.7. The maximum atomic E-state index is 12.5. The highest BCUT2D eigenvalue weighted by Gasteiger charge is 1.97. The summed E-state index contributed by atoms with van der Waals surface area (Å²) in [5.74, 6) is -0.358. The summed E-state index contributed by atoms with van der Waals surface area (Å²) in [5.41, 5.74) is 0.507. The lowest BCUT2D eigenvalue weighted by Gasteiger charge is -1.95. The molecule has 0 spiro atoms. The summed E-state index contributed by atoms with van der Waals surface area (Å²) in [5, 5.41) is 10.9. The topological polar surface area (TPSA) is 32.6 Å². The van der Waals surface area contributed by atoms with E-state index in [2.05, 4.69) is 21.1 Å². The van der Waals surface area contributed by atoms with Crippen molar-refractivity contribution < 1.29 is 9.60 Å². The van der Waals surface area contributed by atoms with E-state index in [4.69, 9.17) is 5.21 Å². The van der Waals surface area contributed by atoms with E-state index >= 15 is 0 Å². The number of nitrogens with zero attached hydrogens (tertiary/aromatic N) is 1. The van der Waals surface area contributed by atoms with Gasteiger partial charge in [0.25, 0.3) is 0 Å². The van der Waals surface area contributed by atoms with Crippen LogP contribution in [0.3, 0.4) is 0 Å². The lowest BCUT2D eigenvalue weighted by atomic mass is 10.2. The average Bonchev–Trinajstić information content (AvgIpc) is 1.98. The van der Waals surface area contributed by atoms with Crippen LogP contribution in [0.2, 0.25) is 0 Å². The minimum atomic E-state index is -0.358. The van der Waals surface area contributed by atoms with Gasteiger partial charge in [0.05, 0.1) is 6.21 Å². The highest BCUT2D eigenvalue weighted by atomic mass is 79.9. The third kappa shape index (κ3) is 2.01. The van der Waals surface area contributed by atoms with Gasteiger partial charge in [-0.15, -0.1) is 0 Å². The second-order valence-electron chi connectivity index (χ2n) is 1.91. The Labute approximate surface area is 71.5 Å². The fourth-order valence-corrected chi connectivity index (χ4v) is 1.02. The van der Waals surface area contributed by atoms with Crippen molar-refractivity contribution >= 4 is 22.1 Å². The molecule has 0 radical (unpaired) electrons. The molecule has 1 N–H and O–H groups in total. The maximum absolute atomic E-state index is 12.5. The summed E-state index contributed by atoms with van der Waals surface area (Å²) >= 11 is 3.16. The molecule has 11 heavy (non-hydrogen) atoms. The molecule has 0 aliphatic heterocycles.